The van der Waals surface area contributed by atoms with Gasteiger partial charge >= 0.3 is 0 Å². The highest BCUT2D eigenvalue weighted by atomic mass is 127. The number of rotatable bonds is 5. The lowest BCUT2D eigenvalue weighted by Crippen LogP contribution is -2.38. The van der Waals surface area contributed by atoms with Crippen molar-refractivity contribution in [3.63, 3.8) is 0 Å². The molecule has 2 rings (SSSR count). The number of nitrogens with zero attached hydrogens (tertiary/aromatic N) is 5. The summed E-state index contributed by atoms with van der Waals surface area (Å²) in [6, 6.07) is 8.48. The molecule has 0 unspecified atom stereocenters. The Morgan fingerprint density at radius 2 is 2.00 bits per heavy atom. The van der Waals surface area contributed by atoms with Gasteiger partial charge < -0.3 is 10.2 Å². The molecule has 126 valence electrons. The zero-order chi connectivity index (χ0) is 15.9. The van der Waals surface area contributed by atoms with Gasteiger partial charge in [-0.1, -0.05) is 31.2 Å². The van der Waals surface area contributed by atoms with Crippen molar-refractivity contribution in [2.75, 3.05) is 14.1 Å². The summed E-state index contributed by atoms with van der Waals surface area (Å²) in [6.07, 6.45) is 2.60. The maximum Gasteiger partial charge on any atom is 0.194 e. The molecular weight excluding hydrogens is 403 g/mol. The normalized spacial score (nSPS) is 11.0. The van der Waals surface area contributed by atoms with E-state index in [0.29, 0.717) is 6.54 Å². The molecule has 1 aromatic heterocycles. The third-order valence-electron chi connectivity index (χ3n) is 3.69. The van der Waals surface area contributed by atoms with Crippen LogP contribution in [0.25, 0.3) is 0 Å². The van der Waals surface area contributed by atoms with Crippen LogP contribution in [0.3, 0.4) is 0 Å². The van der Waals surface area contributed by atoms with Crippen molar-refractivity contribution in [2.24, 2.45) is 12.0 Å². The molecule has 0 saturated heterocycles. The van der Waals surface area contributed by atoms with E-state index in [1.54, 1.807) is 18.1 Å². The summed E-state index contributed by atoms with van der Waals surface area (Å²) in [5.41, 5.74) is 2.67. The van der Waals surface area contributed by atoms with Crippen LogP contribution in [0.15, 0.2) is 35.6 Å². The SMILES string of the molecule is CCc1ccccc1CNC(=NC)N(C)Cc1ncnn1C.I. The summed E-state index contributed by atoms with van der Waals surface area (Å²) in [4.78, 5) is 10.6. The van der Waals surface area contributed by atoms with Crippen LogP contribution in [0, 0.1) is 0 Å². The molecule has 0 bridgehead atoms. The second-order valence-corrected chi connectivity index (χ2v) is 5.18. The smallest absolute Gasteiger partial charge is 0.194 e. The molecule has 1 heterocycles. The number of hydrogen-bond acceptors (Lipinski definition) is 3. The third kappa shape index (κ3) is 5.19. The number of aryl methyl sites for hydroxylation is 2. The van der Waals surface area contributed by atoms with Crippen molar-refractivity contribution in [1.82, 2.24) is 25.0 Å². The molecule has 0 radical (unpaired) electrons. The summed E-state index contributed by atoms with van der Waals surface area (Å²) in [7, 11) is 5.68. The van der Waals surface area contributed by atoms with Crippen LogP contribution in [0.4, 0.5) is 0 Å². The van der Waals surface area contributed by atoms with Gasteiger partial charge in [0.1, 0.15) is 12.2 Å². The number of aromatic nitrogens is 3. The number of hydrogen-bond donors (Lipinski definition) is 1. The number of benzene rings is 1. The van der Waals surface area contributed by atoms with E-state index in [2.05, 4.69) is 51.6 Å². The Kier molecular flexibility index (Phi) is 8.01. The van der Waals surface area contributed by atoms with Crippen molar-refractivity contribution >= 4 is 29.9 Å². The zero-order valence-electron chi connectivity index (χ0n) is 14.2. The molecule has 0 spiro atoms. The van der Waals surface area contributed by atoms with Gasteiger partial charge in [0.2, 0.25) is 0 Å². The minimum absolute atomic E-state index is 0. The van der Waals surface area contributed by atoms with E-state index in [9.17, 15) is 0 Å². The molecule has 0 amide bonds. The van der Waals surface area contributed by atoms with Gasteiger partial charge in [0, 0.05) is 27.7 Å². The van der Waals surface area contributed by atoms with Gasteiger partial charge in [-0.05, 0) is 17.5 Å². The Morgan fingerprint density at radius 1 is 1.30 bits per heavy atom. The lowest BCUT2D eigenvalue weighted by molar-refractivity contribution is 0.448. The predicted molar refractivity (Wildman–Crippen MR) is 104 cm³/mol. The minimum Gasteiger partial charge on any atom is -0.352 e. The first kappa shape index (κ1) is 19.4. The average molecular weight is 428 g/mol. The summed E-state index contributed by atoms with van der Waals surface area (Å²) in [5, 5.41) is 7.50. The quantitative estimate of drug-likeness (QED) is 0.451. The van der Waals surface area contributed by atoms with Crippen LogP contribution < -0.4 is 5.32 Å². The van der Waals surface area contributed by atoms with Crippen molar-refractivity contribution < 1.29 is 0 Å². The molecule has 0 atom stereocenters. The van der Waals surface area contributed by atoms with Gasteiger partial charge in [-0.3, -0.25) is 9.67 Å². The highest BCUT2D eigenvalue weighted by Gasteiger charge is 2.10. The number of guanidine groups is 1. The summed E-state index contributed by atoms with van der Waals surface area (Å²) in [5.74, 6) is 1.74. The molecule has 1 N–H and O–H groups in total. The Morgan fingerprint density at radius 3 is 2.57 bits per heavy atom. The number of aliphatic imine (C=N–C) groups is 1. The molecule has 0 aliphatic heterocycles. The van der Waals surface area contributed by atoms with Crippen LogP contribution >= 0.6 is 24.0 Å². The Bertz CT molecular complexity index is 637. The summed E-state index contributed by atoms with van der Waals surface area (Å²) in [6.45, 7) is 3.60. The topological polar surface area (TPSA) is 58.3 Å². The number of halogens is 1. The second kappa shape index (κ2) is 9.49. The van der Waals surface area contributed by atoms with Crippen molar-refractivity contribution in [3.8, 4) is 0 Å². The highest BCUT2D eigenvalue weighted by Crippen LogP contribution is 2.09. The number of nitrogens with one attached hydrogen (secondary N) is 1. The maximum atomic E-state index is 4.34. The molecule has 23 heavy (non-hydrogen) atoms. The van der Waals surface area contributed by atoms with Crippen LogP contribution in [0.1, 0.15) is 23.9 Å². The van der Waals surface area contributed by atoms with E-state index in [4.69, 9.17) is 0 Å². The molecule has 1 aromatic carbocycles. The van der Waals surface area contributed by atoms with Crippen molar-refractivity contribution in [2.45, 2.75) is 26.4 Å². The standard InChI is InChI=1S/C16H24N6.HI/c1-5-13-8-6-7-9-14(13)10-18-16(17-2)21(3)11-15-19-12-20-22(15)4;/h6-9,12H,5,10-11H2,1-4H3,(H,17,18);1H. The first-order valence-electron chi connectivity index (χ1n) is 7.47. The molecular formula is C16H25IN6. The lowest BCUT2D eigenvalue weighted by Gasteiger charge is -2.22. The third-order valence-corrected chi connectivity index (χ3v) is 3.69. The predicted octanol–water partition coefficient (Wildman–Crippen LogP) is 2.20. The largest absolute Gasteiger partial charge is 0.352 e. The fourth-order valence-electron chi connectivity index (χ4n) is 2.38. The summed E-state index contributed by atoms with van der Waals surface area (Å²) >= 11 is 0. The van der Waals surface area contributed by atoms with Gasteiger partial charge in [-0.15, -0.1) is 24.0 Å². The maximum absolute atomic E-state index is 4.34. The summed E-state index contributed by atoms with van der Waals surface area (Å²) < 4.78 is 1.77. The first-order chi connectivity index (χ1) is 10.7. The Balaban J connectivity index is 0.00000264. The minimum atomic E-state index is 0. The van der Waals surface area contributed by atoms with Gasteiger partial charge in [-0.25, -0.2) is 4.98 Å². The fraction of sp³-hybridized carbons (Fsp3) is 0.438. The van der Waals surface area contributed by atoms with Gasteiger partial charge in [0.05, 0.1) is 6.54 Å². The highest BCUT2D eigenvalue weighted by molar-refractivity contribution is 14.0. The first-order valence-corrected chi connectivity index (χ1v) is 7.47. The van der Waals surface area contributed by atoms with Crippen LogP contribution in [-0.4, -0.2) is 39.7 Å². The molecule has 0 aliphatic carbocycles. The van der Waals surface area contributed by atoms with Gasteiger partial charge in [-0.2, -0.15) is 5.10 Å². The van der Waals surface area contributed by atoms with Crippen LogP contribution in [-0.2, 0) is 26.6 Å². The molecule has 6 nitrogen and oxygen atoms in total. The fourth-order valence-corrected chi connectivity index (χ4v) is 2.38. The zero-order valence-corrected chi connectivity index (χ0v) is 16.5. The van der Waals surface area contributed by atoms with Crippen LogP contribution in [0.5, 0.6) is 0 Å². The van der Waals surface area contributed by atoms with E-state index in [1.165, 1.54) is 11.1 Å². The monoisotopic (exact) mass is 428 g/mol. The molecule has 2 aromatic rings. The van der Waals surface area contributed by atoms with E-state index in [0.717, 1.165) is 24.7 Å². The lowest BCUT2D eigenvalue weighted by atomic mass is 10.1. The molecule has 0 saturated carbocycles. The van der Waals surface area contributed by atoms with E-state index in [-0.39, 0.29) is 24.0 Å². The van der Waals surface area contributed by atoms with E-state index < -0.39 is 0 Å². The van der Waals surface area contributed by atoms with E-state index in [1.807, 2.05) is 19.0 Å². The van der Waals surface area contributed by atoms with Gasteiger partial charge in [0.15, 0.2) is 5.96 Å². The van der Waals surface area contributed by atoms with Gasteiger partial charge in [0.25, 0.3) is 0 Å². The van der Waals surface area contributed by atoms with Crippen molar-refractivity contribution in [1.29, 1.82) is 0 Å². The van der Waals surface area contributed by atoms with Crippen LogP contribution in [0.2, 0.25) is 0 Å². The van der Waals surface area contributed by atoms with E-state index >= 15 is 0 Å². The molecule has 0 aliphatic rings. The Labute approximate surface area is 155 Å². The molecule has 7 heteroatoms. The average Bonchev–Trinajstić information content (AvgIpc) is 2.93. The Hall–Kier alpha value is -1.64. The second-order valence-electron chi connectivity index (χ2n) is 5.18. The molecule has 0 fully saturated rings. The van der Waals surface area contributed by atoms with Crippen molar-refractivity contribution in [3.05, 3.63) is 47.5 Å².